The zero-order valence-electron chi connectivity index (χ0n) is 11.8. The number of esters is 1. The topological polar surface area (TPSA) is 44.1 Å². The molecule has 0 atom stereocenters. The van der Waals surface area contributed by atoms with Gasteiger partial charge < -0.3 is 9.30 Å². The van der Waals surface area contributed by atoms with Crippen LogP contribution >= 0.6 is 0 Å². The first-order chi connectivity index (χ1) is 9.56. The first kappa shape index (κ1) is 14.1. The molecule has 2 rings (SSSR count). The summed E-state index contributed by atoms with van der Waals surface area (Å²) in [6.07, 6.45) is 1.96. The molecule has 4 heteroatoms. The fourth-order valence-electron chi connectivity index (χ4n) is 1.88. The van der Waals surface area contributed by atoms with Gasteiger partial charge in [-0.05, 0) is 19.4 Å². The summed E-state index contributed by atoms with van der Waals surface area (Å²) < 4.78 is 7.16. The van der Waals surface area contributed by atoms with Crippen molar-refractivity contribution in [2.45, 2.75) is 27.0 Å². The minimum atomic E-state index is -0.392. The number of ether oxygens (including phenoxy) is 1. The Bertz CT molecular complexity index is 615. The molecule has 0 spiro atoms. The lowest BCUT2D eigenvalue weighted by Gasteiger charge is -2.08. The summed E-state index contributed by atoms with van der Waals surface area (Å²) in [6.45, 7) is 7.98. The van der Waals surface area contributed by atoms with Gasteiger partial charge in [-0.2, -0.15) is 0 Å². The molecule has 0 aliphatic carbocycles. The normalized spacial score (nSPS) is 10.3. The SMILES string of the molecule is C=C(C)C(=O)OCc1nc(C)cn1Cc1ccccc1. The maximum atomic E-state index is 11.4. The Morgan fingerprint density at radius 1 is 1.35 bits per heavy atom. The molecular formula is C16H18N2O2. The maximum absolute atomic E-state index is 11.4. The van der Waals surface area contributed by atoms with Crippen LogP contribution in [0, 0.1) is 6.92 Å². The number of aromatic nitrogens is 2. The van der Waals surface area contributed by atoms with Gasteiger partial charge in [0.15, 0.2) is 0 Å². The van der Waals surface area contributed by atoms with Gasteiger partial charge >= 0.3 is 5.97 Å². The van der Waals surface area contributed by atoms with Crippen molar-refractivity contribution in [1.82, 2.24) is 9.55 Å². The first-order valence-corrected chi connectivity index (χ1v) is 6.45. The Labute approximate surface area is 118 Å². The van der Waals surface area contributed by atoms with Gasteiger partial charge in [-0.15, -0.1) is 0 Å². The summed E-state index contributed by atoms with van der Waals surface area (Å²) in [6, 6.07) is 10.1. The number of carbonyl (C=O) groups is 1. The summed E-state index contributed by atoms with van der Waals surface area (Å²) >= 11 is 0. The van der Waals surface area contributed by atoms with E-state index in [0.29, 0.717) is 12.1 Å². The molecule has 104 valence electrons. The third-order valence-electron chi connectivity index (χ3n) is 2.86. The Balaban J connectivity index is 2.10. The number of hydrogen-bond donors (Lipinski definition) is 0. The zero-order chi connectivity index (χ0) is 14.5. The van der Waals surface area contributed by atoms with E-state index >= 15 is 0 Å². The molecule has 0 aliphatic heterocycles. The molecule has 1 aromatic heterocycles. The smallest absolute Gasteiger partial charge is 0.333 e. The molecule has 0 saturated heterocycles. The van der Waals surface area contributed by atoms with Gasteiger partial charge in [-0.3, -0.25) is 0 Å². The van der Waals surface area contributed by atoms with Gasteiger partial charge in [-0.1, -0.05) is 36.9 Å². The minimum Gasteiger partial charge on any atom is -0.454 e. The largest absolute Gasteiger partial charge is 0.454 e. The van der Waals surface area contributed by atoms with Gasteiger partial charge in [0.2, 0.25) is 0 Å². The molecular weight excluding hydrogens is 252 g/mol. The van der Waals surface area contributed by atoms with E-state index < -0.39 is 5.97 Å². The van der Waals surface area contributed by atoms with E-state index in [4.69, 9.17) is 4.74 Å². The predicted molar refractivity (Wildman–Crippen MR) is 77.1 cm³/mol. The summed E-state index contributed by atoms with van der Waals surface area (Å²) in [5.74, 6) is 0.345. The van der Waals surface area contributed by atoms with E-state index in [1.54, 1.807) is 6.92 Å². The van der Waals surface area contributed by atoms with Gasteiger partial charge in [-0.25, -0.2) is 9.78 Å². The number of imidazole rings is 1. The molecule has 2 aromatic rings. The summed E-state index contributed by atoms with van der Waals surface area (Å²) in [5, 5.41) is 0. The second-order valence-electron chi connectivity index (χ2n) is 4.77. The van der Waals surface area contributed by atoms with Crippen LogP contribution in [0.15, 0.2) is 48.7 Å². The standard InChI is InChI=1S/C16H18N2O2/c1-12(2)16(19)20-11-15-17-13(3)9-18(15)10-14-7-5-4-6-8-14/h4-9H,1,10-11H2,2-3H3. The van der Waals surface area contributed by atoms with Crippen LogP contribution < -0.4 is 0 Å². The van der Waals surface area contributed by atoms with Crippen molar-refractivity contribution in [1.29, 1.82) is 0 Å². The summed E-state index contributed by atoms with van der Waals surface area (Å²) in [5.41, 5.74) is 2.47. The fraction of sp³-hybridized carbons (Fsp3) is 0.250. The highest BCUT2D eigenvalue weighted by Gasteiger charge is 2.10. The van der Waals surface area contributed by atoms with Crippen molar-refractivity contribution >= 4 is 5.97 Å². The lowest BCUT2D eigenvalue weighted by Crippen LogP contribution is -2.10. The minimum absolute atomic E-state index is 0.159. The van der Waals surface area contributed by atoms with E-state index in [-0.39, 0.29) is 6.61 Å². The average Bonchev–Trinajstić information content (AvgIpc) is 2.77. The lowest BCUT2D eigenvalue weighted by atomic mass is 10.2. The highest BCUT2D eigenvalue weighted by Crippen LogP contribution is 2.09. The van der Waals surface area contributed by atoms with Gasteiger partial charge in [0.1, 0.15) is 12.4 Å². The van der Waals surface area contributed by atoms with Crippen molar-refractivity contribution in [2.75, 3.05) is 0 Å². The van der Waals surface area contributed by atoms with Gasteiger partial charge in [0, 0.05) is 18.3 Å². The Hall–Kier alpha value is -2.36. The summed E-state index contributed by atoms with van der Waals surface area (Å²) in [7, 11) is 0. The van der Waals surface area contributed by atoms with E-state index in [2.05, 4.69) is 23.7 Å². The number of benzene rings is 1. The molecule has 0 aliphatic rings. The number of aryl methyl sites for hydroxylation is 1. The monoisotopic (exact) mass is 270 g/mol. The van der Waals surface area contributed by atoms with Crippen molar-refractivity contribution in [3.63, 3.8) is 0 Å². The number of carbonyl (C=O) groups excluding carboxylic acids is 1. The lowest BCUT2D eigenvalue weighted by molar-refractivity contribution is -0.140. The Morgan fingerprint density at radius 3 is 2.70 bits per heavy atom. The van der Waals surface area contributed by atoms with Crippen LogP contribution in [0.5, 0.6) is 0 Å². The van der Waals surface area contributed by atoms with Crippen LogP contribution in [0.1, 0.15) is 24.0 Å². The van der Waals surface area contributed by atoms with Crippen LogP contribution in [0.4, 0.5) is 0 Å². The predicted octanol–water partition coefficient (Wildman–Crippen LogP) is 2.86. The molecule has 0 amide bonds. The van der Waals surface area contributed by atoms with Crippen LogP contribution in [0.2, 0.25) is 0 Å². The van der Waals surface area contributed by atoms with E-state index in [0.717, 1.165) is 11.5 Å². The zero-order valence-corrected chi connectivity index (χ0v) is 11.8. The van der Waals surface area contributed by atoms with E-state index in [1.165, 1.54) is 5.56 Å². The fourth-order valence-corrected chi connectivity index (χ4v) is 1.88. The van der Waals surface area contributed by atoms with Gasteiger partial charge in [0.25, 0.3) is 0 Å². The average molecular weight is 270 g/mol. The van der Waals surface area contributed by atoms with Crippen molar-refractivity contribution in [3.05, 3.63) is 65.8 Å². The van der Waals surface area contributed by atoms with E-state index in [1.807, 2.05) is 35.9 Å². The third kappa shape index (κ3) is 3.57. The molecule has 0 saturated carbocycles. The first-order valence-electron chi connectivity index (χ1n) is 6.45. The van der Waals surface area contributed by atoms with Crippen molar-refractivity contribution < 1.29 is 9.53 Å². The number of rotatable bonds is 5. The van der Waals surface area contributed by atoms with Crippen molar-refractivity contribution in [3.8, 4) is 0 Å². The van der Waals surface area contributed by atoms with Crippen LogP contribution in [0.3, 0.4) is 0 Å². The molecule has 0 unspecified atom stereocenters. The molecule has 4 nitrogen and oxygen atoms in total. The second-order valence-corrected chi connectivity index (χ2v) is 4.77. The molecule has 0 bridgehead atoms. The number of nitrogens with zero attached hydrogens (tertiary/aromatic N) is 2. The maximum Gasteiger partial charge on any atom is 0.333 e. The molecule has 20 heavy (non-hydrogen) atoms. The molecule has 0 fully saturated rings. The van der Waals surface area contributed by atoms with Crippen LogP contribution in [0.25, 0.3) is 0 Å². The van der Waals surface area contributed by atoms with Crippen LogP contribution in [-0.2, 0) is 22.7 Å². The third-order valence-corrected chi connectivity index (χ3v) is 2.86. The summed E-state index contributed by atoms with van der Waals surface area (Å²) in [4.78, 5) is 15.8. The van der Waals surface area contributed by atoms with Crippen molar-refractivity contribution in [2.24, 2.45) is 0 Å². The van der Waals surface area contributed by atoms with Crippen LogP contribution in [-0.4, -0.2) is 15.5 Å². The van der Waals surface area contributed by atoms with E-state index in [9.17, 15) is 4.79 Å². The molecule has 0 radical (unpaired) electrons. The molecule has 0 N–H and O–H groups in total. The highest BCUT2D eigenvalue weighted by atomic mass is 16.5. The molecule has 1 heterocycles. The quantitative estimate of drug-likeness (QED) is 0.620. The Morgan fingerprint density at radius 2 is 2.05 bits per heavy atom. The Kier molecular flexibility index (Phi) is 4.35. The van der Waals surface area contributed by atoms with Gasteiger partial charge in [0.05, 0.1) is 5.69 Å². The second kappa shape index (κ2) is 6.19. The number of hydrogen-bond acceptors (Lipinski definition) is 3. The molecule has 1 aromatic carbocycles. The highest BCUT2D eigenvalue weighted by molar-refractivity contribution is 5.86.